The minimum absolute atomic E-state index is 0.106. The van der Waals surface area contributed by atoms with Crippen LogP contribution in [-0.4, -0.2) is 38.3 Å². The Morgan fingerprint density at radius 1 is 2.00 bits per heavy atom. The molecule has 0 bridgehead atoms. The third-order valence-electron chi connectivity index (χ3n) is 0.287. The van der Waals surface area contributed by atoms with Crippen LogP contribution in [0.1, 0.15) is 0 Å². The molecular weight excluding hydrogens is 79.0 g/mol. The first-order chi connectivity index (χ1) is 2.27. The molecule has 0 spiro atoms. The topological polar surface area (TPSA) is 26.3 Å². The van der Waals surface area contributed by atoms with Crippen LogP contribution in [0.15, 0.2) is 0 Å². The Kier molecular flexibility index (Phi) is 2.95. The zero-order valence-corrected chi connectivity index (χ0v) is 5.32. The van der Waals surface area contributed by atoms with Crippen LogP contribution in [0, 0.1) is 0 Å². The first-order valence-corrected chi connectivity index (χ1v) is 2.32. The van der Waals surface area contributed by atoms with Gasteiger partial charge in [0.25, 0.3) is 0 Å². The van der Waals surface area contributed by atoms with Crippen molar-refractivity contribution in [3.63, 3.8) is 0 Å². The van der Waals surface area contributed by atoms with Crippen LogP contribution < -0.4 is 0 Å². The molecule has 0 unspecified atom stereocenters. The van der Waals surface area contributed by atoms with E-state index in [-0.39, 0.29) is 3.22 Å². The average molecular weight is 82.0 g/mol. The predicted octanol–water partition coefficient (Wildman–Crippen LogP) is -0.0787. The van der Waals surface area contributed by atoms with Gasteiger partial charge in [-0.3, -0.25) is 0 Å². The summed E-state index contributed by atoms with van der Waals surface area (Å²) in [7, 11) is 1.38. The Morgan fingerprint density at radius 3 is 2.20 bits per heavy atom. The van der Waals surface area contributed by atoms with Crippen molar-refractivity contribution in [2.24, 2.45) is 0 Å². The summed E-state index contributed by atoms with van der Waals surface area (Å²) in [4.78, 5) is 9.65. The third kappa shape index (κ3) is 4.47. The number of hydrogen-bond acceptors (Lipinski definition) is 2. The summed E-state index contributed by atoms with van der Waals surface area (Å²) in [6.45, 7) is 0. The summed E-state index contributed by atoms with van der Waals surface area (Å²) in [6, 6.07) is 0. The summed E-state index contributed by atoms with van der Waals surface area (Å²) in [5, 5.41) is 0. The van der Waals surface area contributed by atoms with E-state index in [1.807, 2.05) is 0 Å². The van der Waals surface area contributed by atoms with Gasteiger partial charge in [-0.25, -0.2) is 0 Å². The van der Waals surface area contributed by atoms with Crippen molar-refractivity contribution in [1.29, 1.82) is 0 Å². The van der Waals surface area contributed by atoms with Gasteiger partial charge in [0.2, 0.25) is 0 Å². The van der Waals surface area contributed by atoms with Gasteiger partial charge in [0.15, 0.2) is 0 Å². The van der Waals surface area contributed by atoms with Crippen molar-refractivity contribution in [3.05, 3.63) is 0 Å². The maximum atomic E-state index is 9.65. The van der Waals surface area contributed by atoms with E-state index < -0.39 is 0 Å². The molecule has 5 heavy (non-hydrogen) atoms. The van der Waals surface area contributed by atoms with Crippen molar-refractivity contribution in [2.75, 3.05) is 7.11 Å². The van der Waals surface area contributed by atoms with Gasteiger partial charge in [-0.15, -0.1) is 0 Å². The van der Waals surface area contributed by atoms with Crippen LogP contribution in [0.5, 0.6) is 0 Å². The molecule has 0 N–H and O–H groups in total. The molecule has 0 aliphatic carbocycles. The van der Waals surface area contributed by atoms with Crippen LogP contribution in [0.2, 0.25) is 0 Å². The van der Waals surface area contributed by atoms with E-state index in [4.69, 9.17) is 0 Å². The van der Waals surface area contributed by atoms with Gasteiger partial charge in [-0.1, -0.05) is 0 Å². The van der Waals surface area contributed by atoms with E-state index in [1.165, 1.54) is 7.11 Å². The van der Waals surface area contributed by atoms with Crippen molar-refractivity contribution >= 4 is 31.1 Å². The van der Waals surface area contributed by atoms with E-state index in [0.29, 0.717) is 27.9 Å². The SMILES string of the molecule is CO[C](=O)[Na]. The van der Waals surface area contributed by atoms with Crippen molar-refractivity contribution < 1.29 is 9.53 Å². The monoisotopic (exact) mass is 82.0 g/mol. The Hall–Kier alpha value is 0.470. The average Bonchev–Trinajstić information content (AvgIpc) is 1.38. The molecule has 0 aliphatic heterocycles. The molecule has 0 amide bonds. The molecule has 0 aromatic carbocycles. The second-order valence-electron chi connectivity index (χ2n) is 0.696. The number of ether oxygens (including phenoxy) is 1. The first kappa shape index (κ1) is 5.47. The summed E-state index contributed by atoms with van der Waals surface area (Å²) in [5.41, 5.74) is 0. The van der Waals surface area contributed by atoms with E-state index in [9.17, 15) is 4.79 Å². The van der Waals surface area contributed by atoms with Crippen molar-refractivity contribution in [1.82, 2.24) is 0 Å². The van der Waals surface area contributed by atoms with Crippen molar-refractivity contribution in [2.45, 2.75) is 0 Å². The quantitative estimate of drug-likeness (QED) is 0.382. The van der Waals surface area contributed by atoms with Crippen LogP contribution in [-0.2, 0) is 4.74 Å². The van der Waals surface area contributed by atoms with Crippen LogP contribution in [0.3, 0.4) is 0 Å². The fourth-order valence-electron chi connectivity index (χ4n) is 0. The molecule has 3 heteroatoms. The maximum absolute atomic E-state index is 9.65. The molecule has 24 valence electrons. The zero-order valence-electron chi connectivity index (χ0n) is 3.32. The number of methoxy groups -OCH3 is 1. The van der Waals surface area contributed by atoms with Gasteiger partial charge < -0.3 is 0 Å². The first-order valence-electron chi connectivity index (χ1n) is 1.32. The molecule has 0 saturated heterocycles. The van der Waals surface area contributed by atoms with E-state index >= 15 is 0 Å². The minimum atomic E-state index is -0.106. The van der Waals surface area contributed by atoms with Gasteiger partial charge in [0, 0.05) is 0 Å². The Morgan fingerprint density at radius 2 is 2.20 bits per heavy atom. The fourth-order valence-corrected chi connectivity index (χ4v) is 0. The Bertz CT molecular complexity index is 42.9. The van der Waals surface area contributed by atoms with Gasteiger partial charge in [0.1, 0.15) is 0 Å². The predicted molar refractivity (Wildman–Crippen MR) is 18.2 cm³/mol. The van der Waals surface area contributed by atoms with E-state index in [0.717, 1.165) is 0 Å². The molecule has 0 saturated carbocycles. The summed E-state index contributed by atoms with van der Waals surface area (Å²) in [5.74, 6) is 0. The number of hydrogen-bond donors (Lipinski definition) is 0. The molecule has 2 nitrogen and oxygen atoms in total. The van der Waals surface area contributed by atoms with Gasteiger partial charge in [-0.2, -0.15) is 0 Å². The molecule has 0 atom stereocenters. The Balaban J connectivity index is 2.85. The van der Waals surface area contributed by atoms with Crippen molar-refractivity contribution in [3.8, 4) is 0 Å². The van der Waals surface area contributed by atoms with Crippen LogP contribution in [0.25, 0.3) is 0 Å². The molecule has 0 heterocycles. The van der Waals surface area contributed by atoms with E-state index in [2.05, 4.69) is 4.74 Å². The van der Waals surface area contributed by atoms with Crippen LogP contribution >= 0.6 is 0 Å². The zero-order chi connectivity index (χ0) is 4.28. The summed E-state index contributed by atoms with van der Waals surface area (Å²) < 4.78 is 4.07. The summed E-state index contributed by atoms with van der Waals surface area (Å²) >= 11 is 0.508. The third-order valence-corrected chi connectivity index (χ3v) is 0.696. The number of rotatable bonds is 0. The van der Waals surface area contributed by atoms with E-state index in [1.54, 1.807) is 0 Å². The number of carbonyl (C=O) groups is 1. The van der Waals surface area contributed by atoms with Gasteiger partial charge in [0.05, 0.1) is 0 Å². The molecule has 0 aromatic heterocycles. The second-order valence-corrected chi connectivity index (χ2v) is 1.51. The molecule has 0 aromatic rings. The molecular formula is C2H3NaO2. The molecule has 0 fully saturated rings. The summed E-state index contributed by atoms with van der Waals surface area (Å²) in [6.07, 6.45) is 0. The van der Waals surface area contributed by atoms with Gasteiger partial charge >= 0.3 is 47.8 Å². The second kappa shape index (κ2) is 2.69. The molecule has 0 radical (unpaired) electrons. The van der Waals surface area contributed by atoms with Gasteiger partial charge in [-0.05, 0) is 0 Å². The standard InChI is InChI=1S/C2H3O2.Na/c1-4-2-3;/h1H3;. The van der Waals surface area contributed by atoms with Crippen LogP contribution in [0.4, 0.5) is 4.79 Å². The fraction of sp³-hybridized carbons (Fsp3) is 0.500. The number of carbonyl (C=O) groups excluding carboxylic acids is 1. The molecule has 0 rings (SSSR count). The molecule has 0 aliphatic rings. The Labute approximate surface area is 47.9 Å². The normalized spacial score (nSPS) is 7.00.